The van der Waals surface area contributed by atoms with Crippen molar-refractivity contribution in [2.45, 2.75) is 26.3 Å². The van der Waals surface area contributed by atoms with Gasteiger partial charge in [0, 0.05) is 13.1 Å². The molecule has 0 bridgehead atoms. The fraction of sp³-hybridized carbons (Fsp3) is 0.391. The van der Waals surface area contributed by atoms with Crippen LogP contribution in [0.3, 0.4) is 0 Å². The zero-order valence-electron chi connectivity index (χ0n) is 16.9. The lowest BCUT2D eigenvalue weighted by Crippen LogP contribution is -2.37. The summed E-state index contributed by atoms with van der Waals surface area (Å²) >= 11 is 0. The smallest absolute Gasteiger partial charge is 0.266 e. The van der Waals surface area contributed by atoms with Gasteiger partial charge in [-0.25, -0.2) is 4.98 Å². The minimum atomic E-state index is -0.0528. The first-order chi connectivity index (χ1) is 14.3. The summed E-state index contributed by atoms with van der Waals surface area (Å²) in [5.74, 6) is 1.45. The van der Waals surface area contributed by atoms with Crippen LogP contribution in [0.15, 0.2) is 53.3 Å². The highest BCUT2D eigenvalue weighted by Gasteiger charge is 2.18. The van der Waals surface area contributed by atoms with Gasteiger partial charge in [-0.2, -0.15) is 0 Å². The maximum absolute atomic E-state index is 13.5. The summed E-state index contributed by atoms with van der Waals surface area (Å²) in [6.07, 6.45) is 2.31. The van der Waals surface area contributed by atoms with E-state index in [-0.39, 0.29) is 5.56 Å². The standard InChI is InChI=1S/C23H28N4O2/c1-2-29-21-12-6-5-11-20(21)27-22(17-26-15-8-7-13-24-14-16-26)25-19-10-4-3-9-18(19)23(27)28/h3-6,9-12,24H,2,7-8,13-17H2,1H3. The molecule has 0 unspecified atom stereocenters. The first-order valence-corrected chi connectivity index (χ1v) is 10.4. The fourth-order valence-electron chi connectivity index (χ4n) is 3.87. The Bertz CT molecular complexity index is 1020. The molecule has 1 saturated heterocycles. The lowest BCUT2D eigenvalue weighted by atomic mass is 10.2. The maximum Gasteiger partial charge on any atom is 0.266 e. The number of benzene rings is 2. The molecule has 0 amide bonds. The first kappa shape index (κ1) is 19.6. The largest absolute Gasteiger partial charge is 0.492 e. The molecule has 6 heteroatoms. The number of nitrogens with zero attached hydrogens (tertiary/aromatic N) is 3. The van der Waals surface area contributed by atoms with Crippen molar-refractivity contribution in [3.63, 3.8) is 0 Å². The van der Waals surface area contributed by atoms with Crippen LogP contribution in [0, 0.1) is 0 Å². The summed E-state index contributed by atoms with van der Waals surface area (Å²) in [7, 11) is 0. The van der Waals surface area contributed by atoms with Gasteiger partial charge in [0.1, 0.15) is 11.6 Å². The molecule has 0 atom stereocenters. The van der Waals surface area contributed by atoms with Crippen LogP contribution in [0.2, 0.25) is 0 Å². The van der Waals surface area contributed by atoms with Crippen LogP contribution >= 0.6 is 0 Å². The molecule has 2 aromatic carbocycles. The zero-order valence-corrected chi connectivity index (χ0v) is 16.9. The van der Waals surface area contributed by atoms with E-state index in [4.69, 9.17) is 9.72 Å². The van der Waals surface area contributed by atoms with Gasteiger partial charge in [-0.3, -0.25) is 14.3 Å². The van der Waals surface area contributed by atoms with Crippen LogP contribution in [0.25, 0.3) is 16.6 Å². The van der Waals surface area contributed by atoms with Crippen molar-refractivity contribution in [1.82, 2.24) is 19.8 Å². The van der Waals surface area contributed by atoms with Gasteiger partial charge in [0.2, 0.25) is 0 Å². The molecular weight excluding hydrogens is 364 g/mol. The van der Waals surface area contributed by atoms with Crippen LogP contribution in [-0.2, 0) is 6.54 Å². The molecule has 2 heterocycles. The summed E-state index contributed by atoms with van der Waals surface area (Å²) in [6, 6.07) is 15.3. The normalized spacial score (nSPS) is 15.8. The van der Waals surface area contributed by atoms with Gasteiger partial charge in [0.15, 0.2) is 0 Å². The molecule has 0 radical (unpaired) electrons. The summed E-state index contributed by atoms with van der Waals surface area (Å²) in [5, 5.41) is 4.09. The number of rotatable bonds is 5. The van der Waals surface area contributed by atoms with Crippen LogP contribution in [0.5, 0.6) is 5.75 Å². The third-order valence-corrected chi connectivity index (χ3v) is 5.30. The predicted octanol–water partition coefficient (Wildman–Crippen LogP) is 2.97. The number of aromatic nitrogens is 2. The Labute approximate surface area is 171 Å². The SMILES string of the molecule is CCOc1ccccc1-n1c(CN2CCCCNCC2)nc2ccccc2c1=O. The van der Waals surface area contributed by atoms with Gasteiger partial charge in [-0.15, -0.1) is 0 Å². The van der Waals surface area contributed by atoms with E-state index < -0.39 is 0 Å². The Morgan fingerprint density at radius 1 is 1.03 bits per heavy atom. The molecule has 4 rings (SSSR count). The minimum absolute atomic E-state index is 0.0528. The Morgan fingerprint density at radius 3 is 2.76 bits per heavy atom. The lowest BCUT2D eigenvalue weighted by molar-refractivity contribution is 0.239. The summed E-state index contributed by atoms with van der Waals surface area (Å²) < 4.78 is 7.56. The number of nitrogens with one attached hydrogen (secondary N) is 1. The van der Waals surface area contributed by atoms with Crippen LogP contribution in [-0.4, -0.2) is 47.2 Å². The maximum atomic E-state index is 13.5. The van der Waals surface area contributed by atoms with Gasteiger partial charge in [0.05, 0.1) is 29.7 Å². The number of hydrogen-bond acceptors (Lipinski definition) is 5. The lowest BCUT2D eigenvalue weighted by Gasteiger charge is -2.26. The topological polar surface area (TPSA) is 59.4 Å². The molecule has 152 valence electrons. The van der Waals surface area contributed by atoms with Crippen LogP contribution in [0.1, 0.15) is 25.6 Å². The highest BCUT2D eigenvalue weighted by molar-refractivity contribution is 5.78. The van der Waals surface area contributed by atoms with E-state index in [2.05, 4.69) is 10.2 Å². The number of hydrogen-bond donors (Lipinski definition) is 1. The highest BCUT2D eigenvalue weighted by Crippen LogP contribution is 2.24. The van der Waals surface area contributed by atoms with Crippen molar-refractivity contribution < 1.29 is 4.74 Å². The third kappa shape index (κ3) is 4.33. The summed E-state index contributed by atoms with van der Waals surface area (Å²) in [6.45, 7) is 7.10. The van der Waals surface area contributed by atoms with E-state index in [9.17, 15) is 4.79 Å². The van der Waals surface area contributed by atoms with E-state index in [0.717, 1.165) is 49.6 Å². The van der Waals surface area contributed by atoms with E-state index in [1.165, 1.54) is 6.42 Å². The molecule has 0 spiro atoms. The van der Waals surface area contributed by atoms with Gasteiger partial charge in [0.25, 0.3) is 5.56 Å². The monoisotopic (exact) mass is 392 g/mol. The summed E-state index contributed by atoms with van der Waals surface area (Å²) in [5.41, 5.74) is 1.43. The molecule has 29 heavy (non-hydrogen) atoms. The molecule has 6 nitrogen and oxygen atoms in total. The molecule has 1 aliphatic rings. The Morgan fingerprint density at radius 2 is 1.86 bits per heavy atom. The second kappa shape index (κ2) is 9.20. The molecule has 1 fully saturated rings. The molecule has 0 aliphatic carbocycles. The number of para-hydroxylation sites is 3. The second-order valence-corrected chi connectivity index (χ2v) is 7.32. The Kier molecular flexibility index (Phi) is 6.22. The number of ether oxygens (including phenoxy) is 1. The molecule has 3 aromatic rings. The third-order valence-electron chi connectivity index (χ3n) is 5.30. The van der Waals surface area contributed by atoms with Crippen LogP contribution < -0.4 is 15.6 Å². The predicted molar refractivity (Wildman–Crippen MR) is 116 cm³/mol. The van der Waals surface area contributed by atoms with Gasteiger partial charge < -0.3 is 10.1 Å². The highest BCUT2D eigenvalue weighted by atomic mass is 16.5. The van der Waals surface area contributed by atoms with Crippen molar-refractivity contribution in [2.24, 2.45) is 0 Å². The molecule has 1 N–H and O–H groups in total. The Balaban J connectivity index is 1.84. The van der Waals surface area contributed by atoms with E-state index in [1.807, 2.05) is 55.5 Å². The van der Waals surface area contributed by atoms with E-state index >= 15 is 0 Å². The molecule has 0 saturated carbocycles. The second-order valence-electron chi connectivity index (χ2n) is 7.32. The molecule has 1 aromatic heterocycles. The van der Waals surface area contributed by atoms with Crippen molar-refractivity contribution >= 4 is 10.9 Å². The number of fused-ring (bicyclic) bond motifs is 1. The fourth-order valence-corrected chi connectivity index (χ4v) is 3.87. The quantitative estimate of drug-likeness (QED) is 0.723. The van der Waals surface area contributed by atoms with Gasteiger partial charge in [-0.05, 0) is 57.1 Å². The van der Waals surface area contributed by atoms with E-state index in [1.54, 1.807) is 4.57 Å². The average Bonchev–Trinajstić information content (AvgIpc) is 2.71. The minimum Gasteiger partial charge on any atom is -0.492 e. The van der Waals surface area contributed by atoms with Crippen molar-refractivity contribution in [3.8, 4) is 11.4 Å². The molecule has 1 aliphatic heterocycles. The van der Waals surface area contributed by atoms with Gasteiger partial charge >= 0.3 is 0 Å². The van der Waals surface area contributed by atoms with Gasteiger partial charge in [-0.1, -0.05) is 24.3 Å². The van der Waals surface area contributed by atoms with Crippen molar-refractivity contribution in [2.75, 3.05) is 32.8 Å². The zero-order chi connectivity index (χ0) is 20.1. The summed E-state index contributed by atoms with van der Waals surface area (Å²) in [4.78, 5) is 20.8. The van der Waals surface area contributed by atoms with Crippen molar-refractivity contribution in [3.05, 3.63) is 64.7 Å². The first-order valence-electron chi connectivity index (χ1n) is 10.4. The van der Waals surface area contributed by atoms with Crippen LogP contribution in [0.4, 0.5) is 0 Å². The Hall–Kier alpha value is -2.70. The average molecular weight is 393 g/mol. The van der Waals surface area contributed by atoms with E-state index in [0.29, 0.717) is 24.3 Å². The van der Waals surface area contributed by atoms with Crippen molar-refractivity contribution in [1.29, 1.82) is 0 Å². The molecular formula is C23H28N4O2.